The zero-order valence-corrected chi connectivity index (χ0v) is 15.4. The molecule has 23 heavy (non-hydrogen) atoms. The van der Waals surface area contributed by atoms with Crippen molar-refractivity contribution >= 4 is 0 Å². The van der Waals surface area contributed by atoms with Crippen LogP contribution in [0.25, 0.3) is 0 Å². The minimum absolute atomic E-state index is 0.637. The Balaban J connectivity index is 2.71. The van der Waals surface area contributed by atoms with Crippen LogP contribution in [0.4, 0.5) is 13.2 Å². The molecule has 0 aliphatic carbocycles. The van der Waals surface area contributed by atoms with Crippen LogP contribution in [0.3, 0.4) is 0 Å². The highest BCUT2D eigenvalue weighted by molar-refractivity contribution is 5.13. The quantitative estimate of drug-likeness (QED) is 0.347. The van der Waals surface area contributed by atoms with Gasteiger partial charge in [0.2, 0.25) is 0 Å². The van der Waals surface area contributed by atoms with E-state index in [2.05, 4.69) is 19.3 Å². The fourth-order valence-corrected chi connectivity index (χ4v) is 3.90. The first-order chi connectivity index (χ1) is 10.7. The van der Waals surface area contributed by atoms with Gasteiger partial charge < -0.3 is 0 Å². The van der Waals surface area contributed by atoms with Gasteiger partial charge >= 0.3 is 6.18 Å². The number of nitrogens with zero attached hydrogens (tertiary/aromatic N) is 1. The van der Waals surface area contributed by atoms with Gasteiger partial charge in [0.25, 0.3) is 0 Å². The SMILES string of the molecule is CCCCCCCC(C)(CCCCCC)C1(C(F)(F)F)NN1C. The molecule has 0 radical (unpaired) electrons. The van der Waals surface area contributed by atoms with Crippen molar-refractivity contribution in [3.63, 3.8) is 0 Å². The van der Waals surface area contributed by atoms with Gasteiger partial charge in [-0.3, -0.25) is 0 Å². The van der Waals surface area contributed by atoms with Crippen LogP contribution in [0.2, 0.25) is 0 Å². The molecule has 0 aromatic carbocycles. The molecular formula is C18H35F3N2. The number of halogens is 3. The van der Waals surface area contributed by atoms with E-state index in [1.165, 1.54) is 18.5 Å². The zero-order valence-electron chi connectivity index (χ0n) is 15.4. The fraction of sp³-hybridized carbons (Fsp3) is 1.00. The van der Waals surface area contributed by atoms with Crippen LogP contribution in [-0.4, -0.2) is 23.9 Å². The lowest BCUT2D eigenvalue weighted by atomic mass is 9.71. The van der Waals surface area contributed by atoms with Gasteiger partial charge in [0, 0.05) is 12.5 Å². The second-order valence-electron chi connectivity index (χ2n) is 7.41. The molecule has 1 fully saturated rings. The number of hydrogen-bond donors (Lipinski definition) is 1. The maximum absolute atomic E-state index is 13.7. The molecule has 2 nitrogen and oxygen atoms in total. The molecule has 138 valence electrons. The first-order valence-electron chi connectivity index (χ1n) is 9.33. The molecule has 3 unspecified atom stereocenters. The normalized spacial score (nSPS) is 27.0. The lowest BCUT2D eigenvalue weighted by molar-refractivity contribution is -0.204. The Labute approximate surface area is 140 Å². The van der Waals surface area contributed by atoms with Crippen molar-refractivity contribution < 1.29 is 13.2 Å². The molecule has 1 aliphatic rings. The van der Waals surface area contributed by atoms with Gasteiger partial charge in [0.1, 0.15) is 0 Å². The molecule has 0 amide bonds. The van der Waals surface area contributed by atoms with Crippen LogP contribution in [0.15, 0.2) is 0 Å². The molecule has 1 saturated heterocycles. The summed E-state index contributed by atoms with van der Waals surface area (Å²) in [6.07, 6.45) is 6.55. The summed E-state index contributed by atoms with van der Waals surface area (Å²) < 4.78 is 41.2. The Morgan fingerprint density at radius 2 is 1.22 bits per heavy atom. The minimum Gasteiger partial charge on any atom is -0.224 e. The number of unbranched alkanes of at least 4 members (excludes halogenated alkanes) is 7. The molecule has 0 saturated carbocycles. The summed E-state index contributed by atoms with van der Waals surface area (Å²) >= 11 is 0. The van der Waals surface area contributed by atoms with Gasteiger partial charge in [-0.05, 0) is 12.8 Å². The summed E-state index contributed by atoms with van der Waals surface area (Å²) in [6, 6.07) is 0. The van der Waals surface area contributed by atoms with Gasteiger partial charge in [-0.15, -0.1) is 0 Å². The summed E-state index contributed by atoms with van der Waals surface area (Å²) in [5.74, 6) is 0. The highest BCUT2D eigenvalue weighted by Gasteiger charge is 2.75. The van der Waals surface area contributed by atoms with E-state index in [4.69, 9.17) is 0 Å². The summed E-state index contributed by atoms with van der Waals surface area (Å²) in [4.78, 5) is 0. The molecule has 0 aromatic rings. The Hall–Kier alpha value is -0.290. The molecule has 1 heterocycles. The lowest BCUT2D eigenvalue weighted by Gasteiger charge is -2.38. The van der Waals surface area contributed by atoms with E-state index >= 15 is 0 Å². The molecule has 3 atom stereocenters. The highest BCUT2D eigenvalue weighted by Crippen LogP contribution is 2.56. The van der Waals surface area contributed by atoms with E-state index in [-0.39, 0.29) is 0 Å². The number of hydrazine groups is 1. The van der Waals surface area contributed by atoms with Crippen LogP contribution >= 0.6 is 0 Å². The summed E-state index contributed by atoms with van der Waals surface area (Å²) in [7, 11) is 1.52. The number of rotatable bonds is 12. The van der Waals surface area contributed by atoms with Gasteiger partial charge in [-0.25, -0.2) is 10.4 Å². The van der Waals surface area contributed by atoms with Gasteiger partial charge in [0.15, 0.2) is 5.66 Å². The van der Waals surface area contributed by atoms with E-state index in [0.29, 0.717) is 12.8 Å². The second-order valence-corrected chi connectivity index (χ2v) is 7.41. The summed E-state index contributed by atoms with van der Waals surface area (Å²) in [6.45, 7) is 6.11. The Morgan fingerprint density at radius 3 is 1.57 bits per heavy atom. The van der Waals surface area contributed by atoms with E-state index in [1.54, 1.807) is 0 Å². The maximum atomic E-state index is 13.7. The van der Waals surface area contributed by atoms with E-state index in [9.17, 15) is 13.2 Å². The van der Waals surface area contributed by atoms with Crippen molar-refractivity contribution in [2.45, 2.75) is 103 Å². The molecule has 1 rings (SSSR count). The van der Waals surface area contributed by atoms with Crippen LogP contribution in [0, 0.1) is 5.41 Å². The average molecular weight is 336 g/mol. The Kier molecular flexibility index (Phi) is 7.85. The second kappa shape index (κ2) is 8.70. The molecule has 0 aromatic heterocycles. The largest absolute Gasteiger partial charge is 0.423 e. The zero-order chi connectivity index (χ0) is 17.6. The van der Waals surface area contributed by atoms with Crippen molar-refractivity contribution in [1.82, 2.24) is 10.4 Å². The maximum Gasteiger partial charge on any atom is 0.423 e. The van der Waals surface area contributed by atoms with Gasteiger partial charge in [-0.1, -0.05) is 78.6 Å². The first-order valence-corrected chi connectivity index (χ1v) is 9.33. The van der Waals surface area contributed by atoms with Crippen molar-refractivity contribution in [2.24, 2.45) is 5.41 Å². The van der Waals surface area contributed by atoms with E-state index < -0.39 is 17.3 Å². The van der Waals surface area contributed by atoms with Crippen molar-refractivity contribution in [1.29, 1.82) is 0 Å². The third-order valence-corrected chi connectivity index (χ3v) is 5.48. The predicted molar refractivity (Wildman–Crippen MR) is 89.9 cm³/mol. The predicted octanol–water partition coefficient (Wildman–Crippen LogP) is 6.03. The average Bonchev–Trinajstić information content (AvgIpc) is 3.17. The minimum atomic E-state index is -4.23. The standard InChI is InChI=1S/C18H35F3N2/c1-5-7-9-11-13-15-16(3,14-12-10-8-6-2)17(18(19,20)21)22-23(17)4/h22H,5-15H2,1-4H3. The van der Waals surface area contributed by atoms with Crippen molar-refractivity contribution in [2.75, 3.05) is 7.05 Å². The van der Waals surface area contributed by atoms with Crippen LogP contribution in [0.5, 0.6) is 0 Å². The first kappa shape index (κ1) is 20.8. The Morgan fingerprint density at radius 1 is 0.826 bits per heavy atom. The lowest BCUT2D eigenvalue weighted by Crippen LogP contribution is -2.51. The van der Waals surface area contributed by atoms with Gasteiger partial charge in [-0.2, -0.15) is 13.2 Å². The number of hydrogen-bond acceptors (Lipinski definition) is 2. The van der Waals surface area contributed by atoms with E-state index in [1.807, 2.05) is 6.92 Å². The molecule has 1 N–H and O–H groups in total. The van der Waals surface area contributed by atoms with E-state index in [0.717, 1.165) is 51.4 Å². The highest BCUT2D eigenvalue weighted by atomic mass is 19.4. The Bertz CT molecular complexity index is 346. The third kappa shape index (κ3) is 4.85. The van der Waals surface area contributed by atoms with Gasteiger partial charge in [0.05, 0.1) is 0 Å². The fourth-order valence-electron chi connectivity index (χ4n) is 3.90. The smallest absolute Gasteiger partial charge is 0.224 e. The van der Waals surface area contributed by atoms with Crippen LogP contribution in [0.1, 0.15) is 91.4 Å². The molecule has 0 bridgehead atoms. The van der Waals surface area contributed by atoms with Crippen LogP contribution < -0.4 is 5.43 Å². The summed E-state index contributed by atoms with van der Waals surface area (Å²) in [5, 5.41) is 1.28. The molecule has 5 heteroatoms. The summed E-state index contributed by atoms with van der Waals surface area (Å²) in [5.41, 5.74) is 0.0545. The third-order valence-electron chi connectivity index (χ3n) is 5.48. The molecule has 1 aliphatic heterocycles. The van der Waals surface area contributed by atoms with Crippen molar-refractivity contribution in [3.8, 4) is 0 Å². The number of nitrogens with one attached hydrogen (secondary N) is 1. The molecule has 0 spiro atoms. The number of alkyl halides is 3. The topological polar surface area (TPSA) is 25.0 Å². The molecular weight excluding hydrogens is 301 g/mol. The van der Waals surface area contributed by atoms with Crippen LogP contribution in [-0.2, 0) is 0 Å². The monoisotopic (exact) mass is 336 g/mol. The van der Waals surface area contributed by atoms with Crippen molar-refractivity contribution in [3.05, 3.63) is 0 Å².